The van der Waals surface area contributed by atoms with E-state index in [-0.39, 0.29) is 11.8 Å². The summed E-state index contributed by atoms with van der Waals surface area (Å²) in [6.07, 6.45) is 8.07. The number of halogens is 1. The Labute approximate surface area is 138 Å². The van der Waals surface area contributed by atoms with Crippen molar-refractivity contribution in [1.29, 1.82) is 0 Å². The number of hydrogen-bond acceptors (Lipinski definition) is 5. The summed E-state index contributed by atoms with van der Waals surface area (Å²) in [6.45, 7) is 1.96. The van der Waals surface area contributed by atoms with Gasteiger partial charge in [0.2, 0.25) is 0 Å². The Hall–Kier alpha value is -2.41. The van der Waals surface area contributed by atoms with Crippen molar-refractivity contribution in [1.82, 2.24) is 21.3 Å². The molecule has 122 valence electrons. The predicted molar refractivity (Wildman–Crippen MR) is 86.4 cm³/mol. The molecule has 1 saturated carbocycles. The van der Waals surface area contributed by atoms with E-state index in [0.29, 0.717) is 22.8 Å². The molecule has 2 atom stereocenters. The summed E-state index contributed by atoms with van der Waals surface area (Å²) in [5.41, 5.74) is 6.80. The van der Waals surface area contributed by atoms with Crippen LogP contribution in [-0.4, -0.2) is 17.5 Å². The topological polar surface area (TPSA) is 108 Å². The highest BCUT2D eigenvalue weighted by molar-refractivity contribution is 6.31. The van der Waals surface area contributed by atoms with Gasteiger partial charge in [-0.25, -0.2) is 4.79 Å². The molecule has 0 radical (unpaired) electrons. The van der Waals surface area contributed by atoms with E-state index in [1.54, 1.807) is 18.5 Å². The van der Waals surface area contributed by atoms with E-state index in [1.807, 2.05) is 6.92 Å². The number of urea groups is 1. The Kier molecular flexibility index (Phi) is 3.81. The third-order valence-electron chi connectivity index (χ3n) is 4.49. The number of hydrogen-bond donors (Lipinski definition) is 5. The highest BCUT2D eigenvalue weighted by atomic mass is 35.5. The average molecular weight is 336 g/mol. The largest absolute Gasteiger partial charge is 0.403 e. The molecule has 1 spiro atoms. The molecule has 3 rings (SSSR count). The lowest BCUT2D eigenvalue weighted by atomic mass is 9.85. The van der Waals surface area contributed by atoms with Gasteiger partial charge in [0.1, 0.15) is 5.54 Å². The van der Waals surface area contributed by atoms with Gasteiger partial charge in [-0.3, -0.25) is 10.1 Å². The third-order valence-corrected chi connectivity index (χ3v) is 4.71. The van der Waals surface area contributed by atoms with E-state index >= 15 is 0 Å². The van der Waals surface area contributed by atoms with Crippen LogP contribution in [0.5, 0.6) is 0 Å². The molecule has 8 heteroatoms. The molecule has 7 nitrogen and oxygen atoms in total. The number of rotatable bonds is 2. The van der Waals surface area contributed by atoms with Crippen molar-refractivity contribution in [3.63, 3.8) is 0 Å². The lowest BCUT2D eigenvalue weighted by Crippen LogP contribution is -2.50. The predicted octanol–water partition coefficient (Wildman–Crippen LogP) is 0.835. The molecule has 0 aromatic rings. The van der Waals surface area contributed by atoms with Gasteiger partial charge < -0.3 is 21.7 Å². The van der Waals surface area contributed by atoms with Crippen molar-refractivity contribution in [3.05, 3.63) is 46.7 Å². The van der Waals surface area contributed by atoms with Crippen molar-refractivity contribution < 1.29 is 9.59 Å². The van der Waals surface area contributed by atoms with Gasteiger partial charge in [0.05, 0.1) is 16.4 Å². The van der Waals surface area contributed by atoms with Gasteiger partial charge in [-0.15, -0.1) is 0 Å². The molecule has 2 unspecified atom stereocenters. The van der Waals surface area contributed by atoms with Crippen LogP contribution in [0.4, 0.5) is 4.79 Å². The standard InChI is InChI=1S/C15H18ClN5O2/c1-8-2-3-9(15(8)13(22)20-14(23)21-15)6-18-11-4-10(16)7-19-12(11)5-17/h4-8,18-19H,2-3,17H2,1H3,(H2,20,21,22,23)/b9-6+,12-5-. The van der Waals surface area contributed by atoms with E-state index in [0.717, 1.165) is 12.0 Å². The number of allylic oxidation sites excluding steroid dienone is 2. The Morgan fingerprint density at radius 2 is 2.26 bits per heavy atom. The Morgan fingerprint density at radius 3 is 2.91 bits per heavy atom. The SMILES string of the molecule is CC1CC/C(=C\NC2=CC(Cl)=CN/C2=C\N)C12NC(=O)NC2=O. The van der Waals surface area contributed by atoms with Crippen molar-refractivity contribution in [3.8, 4) is 0 Å². The maximum absolute atomic E-state index is 12.3. The summed E-state index contributed by atoms with van der Waals surface area (Å²) in [6, 6.07) is -0.457. The van der Waals surface area contributed by atoms with Gasteiger partial charge >= 0.3 is 6.03 Å². The van der Waals surface area contributed by atoms with Crippen molar-refractivity contribution in [2.75, 3.05) is 0 Å². The first-order valence-corrected chi connectivity index (χ1v) is 7.71. The smallest absolute Gasteiger partial charge is 0.322 e. The van der Waals surface area contributed by atoms with E-state index in [1.165, 1.54) is 6.20 Å². The second-order valence-electron chi connectivity index (χ2n) is 5.78. The second kappa shape index (κ2) is 5.66. The van der Waals surface area contributed by atoms with Crippen LogP contribution in [0.1, 0.15) is 19.8 Å². The fourth-order valence-corrected chi connectivity index (χ4v) is 3.40. The Balaban J connectivity index is 1.89. The van der Waals surface area contributed by atoms with Gasteiger partial charge in [0.15, 0.2) is 0 Å². The number of dihydropyridines is 1. The highest BCUT2D eigenvalue weighted by Crippen LogP contribution is 2.41. The van der Waals surface area contributed by atoms with Gasteiger partial charge in [-0.05, 0) is 30.4 Å². The maximum Gasteiger partial charge on any atom is 0.322 e. The first-order chi connectivity index (χ1) is 11.0. The van der Waals surface area contributed by atoms with Crippen LogP contribution in [0, 0.1) is 5.92 Å². The lowest BCUT2D eigenvalue weighted by Gasteiger charge is -2.27. The molecule has 2 fully saturated rings. The lowest BCUT2D eigenvalue weighted by molar-refractivity contribution is -0.123. The van der Waals surface area contributed by atoms with Crippen LogP contribution in [0.25, 0.3) is 0 Å². The average Bonchev–Trinajstić information content (AvgIpc) is 2.98. The van der Waals surface area contributed by atoms with Crippen molar-refractivity contribution >= 4 is 23.5 Å². The molecule has 0 bridgehead atoms. The molecule has 0 aromatic carbocycles. The minimum absolute atomic E-state index is 0.0217. The highest BCUT2D eigenvalue weighted by Gasteiger charge is 2.55. The molecule has 0 aromatic heterocycles. The molecular formula is C15H18ClN5O2. The van der Waals surface area contributed by atoms with Gasteiger partial charge in [-0.2, -0.15) is 0 Å². The summed E-state index contributed by atoms with van der Waals surface area (Å²) < 4.78 is 0. The van der Waals surface area contributed by atoms with Crippen LogP contribution < -0.4 is 27.0 Å². The number of imide groups is 1. The van der Waals surface area contributed by atoms with Crippen molar-refractivity contribution in [2.45, 2.75) is 25.3 Å². The zero-order valence-electron chi connectivity index (χ0n) is 12.6. The summed E-state index contributed by atoms with van der Waals surface area (Å²) in [5.74, 6) is -0.280. The summed E-state index contributed by atoms with van der Waals surface area (Å²) in [7, 11) is 0. The molecule has 1 aliphatic carbocycles. The minimum atomic E-state index is -0.973. The quantitative estimate of drug-likeness (QED) is 0.480. The maximum atomic E-state index is 12.3. The Bertz CT molecular complexity index is 694. The Morgan fingerprint density at radius 1 is 1.48 bits per heavy atom. The minimum Gasteiger partial charge on any atom is -0.403 e. The second-order valence-corrected chi connectivity index (χ2v) is 6.22. The molecule has 23 heavy (non-hydrogen) atoms. The number of amides is 3. The monoisotopic (exact) mass is 335 g/mol. The first-order valence-electron chi connectivity index (χ1n) is 7.33. The molecular weight excluding hydrogens is 318 g/mol. The third kappa shape index (κ3) is 2.46. The van der Waals surface area contributed by atoms with Crippen LogP contribution in [0.2, 0.25) is 0 Å². The van der Waals surface area contributed by atoms with Gasteiger partial charge in [0, 0.05) is 18.6 Å². The number of nitrogens with two attached hydrogens (primary N) is 1. The zero-order chi connectivity index (χ0) is 16.6. The molecule has 6 N–H and O–H groups in total. The molecule has 2 heterocycles. The van der Waals surface area contributed by atoms with Crippen LogP contribution in [0.15, 0.2) is 46.7 Å². The van der Waals surface area contributed by atoms with Crippen LogP contribution in [-0.2, 0) is 4.79 Å². The number of carbonyl (C=O) groups excluding carboxylic acids is 2. The molecule has 3 aliphatic rings. The summed E-state index contributed by atoms with van der Waals surface area (Å²) in [5, 5.41) is 11.7. The van der Waals surface area contributed by atoms with E-state index in [2.05, 4.69) is 21.3 Å². The molecule has 2 aliphatic heterocycles. The molecule has 3 amide bonds. The number of carbonyl (C=O) groups is 2. The van der Waals surface area contributed by atoms with Crippen LogP contribution >= 0.6 is 11.6 Å². The summed E-state index contributed by atoms with van der Waals surface area (Å²) >= 11 is 5.99. The fraction of sp³-hybridized carbons (Fsp3) is 0.333. The zero-order valence-corrected chi connectivity index (χ0v) is 13.3. The van der Waals surface area contributed by atoms with Crippen LogP contribution in [0.3, 0.4) is 0 Å². The summed E-state index contributed by atoms with van der Waals surface area (Å²) in [4.78, 5) is 23.9. The van der Waals surface area contributed by atoms with Gasteiger partial charge in [0.25, 0.3) is 5.91 Å². The van der Waals surface area contributed by atoms with Gasteiger partial charge in [-0.1, -0.05) is 18.5 Å². The fourth-order valence-electron chi connectivity index (χ4n) is 3.23. The first kappa shape index (κ1) is 15.5. The normalized spacial score (nSPS) is 33.4. The molecule has 1 saturated heterocycles. The van der Waals surface area contributed by atoms with Crippen molar-refractivity contribution in [2.24, 2.45) is 11.7 Å². The van der Waals surface area contributed by atoms with E-state index in [9.17, 15) is 9.59 Å². The van der Waals surface area contributed by atoms with E-state index in [4.69, 9.17) is 17.3 Å². The number of nitrogens with one attached hydrogen (secondary N) is 4. The van der Waals surface area contributed by atoms with E-state index < -0.39 is 11.6 Å².